The lowest BCUT2D eigenvalue weighted by Crippen LogP contribution is -2.17. The van der Waals surface area contributed by atoms with Crippen LogP contribution in [0.15, 0.2) is 47.6 Å². The lowest BCUT2D eigenvalue weighted by atomic mass is 10.2. The molecule has 120 valence electrons. The molecule has 6 heteroatoms. The zero-order valence-electron chi connectivity index (χ0n) is 12.9. The van der Waals surface area contributed by atoms with Crippen LogP contribution in [0.1, 0.15) is 22.8 Å². The first-order valence-electron chi connectivity index (χ1n) is 7.07. The first-order chi connectivity index (χ1) is 11.1. The fourth-order valence-corrected chi connectivity index (χ4v) is 1.92. The summed E-state index contributed by atoms with van der Waals surface area (Å²) in [7, 11) is 1.56. The van der Waals surface area contributed by atoms with Gasteiger partial charge in [-0.05, 0) is 48.9 Å². The van der Waals surface area contributed by atoms with Crippen molar-refractivity contribution in [2.75, 3.05) is 13.7 Å². The largest absolute Gasteiger partial charge is 0.508 e. The summed E-state index contributed by atoms with van der Waals surface area (Å²) >= 11 is 0. The van der Waals surface area contributed by atoms with Gasteiger partial charge in [-0.2, -0.15) is 5.10 Å². The molecule has 2 N–H and O–H groups in total. The quantitative estimate of drug-likeness (QED) is 0.634. The molecule has 0 bridgehead atoms. The van der Waals surface area contributed by atoms with Crippen molar-refractivity contribution >= 4 is 12.1 Å². The number of aromatic hydroxyl groups is 1. The lowest BCUT2D eigenvalue weighted by Gasteiger charge is -2.09. The molecule has 0 spiro atoms. The Morgan fingerprint density at radius 2 is 2.09 bits per heavy atom. The highest BCUT2D eigenvalue weighted by Gasteiger charge is 2.06. The molecule has 0 aliphatic carbocycles. The van der Waals surface area contributed by atoms with Gasteiger partial charge >= 0.3 is 0 Å². The van der Waals surface area contributed by atoms with Crippen LogP contribution in [0.2, 0.25) is 0 Å². The third kappa shape index (κ3) is 4.47. The van der Waals surface area contributed by atoms with Crippen LogP contribution in [0.25, 0.3) is 0 Å². The number of hydrazone groups is 1. The van der Waals surface area contributed by atoms with Gasteiger partial charge in [0.05, 0.1) is 19.9 Å². The molecule has 0 atom stereocenters. The van der Waals surface area contributed by atoms with Crippen LogP contribution in [0, 0.1) is 0 Å². The van der Waals surface area contributed by atoms with E-state index in [9.17, 15) is 9.90 Å². The molecule has 2 rings (SSSR count). The van der Waals surface area contributed by atoms with E-state index in [1.807, 2.05) is 6.92 Å². The average molecular weight is 314 g/mol. The number of methoxy groups -OCH3 is 1. The van der Waals surface area contributed by atoms with E-state index in [0.29, 0.717) is 23.7 Å². The molecule has 23 heavy (non-hydrogen) atoms. The molecule has 0 heterocycles. The van der Waals surface area contributed by atoms with Gasteiger partial charge in [0.15, 0.2) is 11.5 Å². The molecular weight excluding hydrogens is 296 g/mol. The van der Waals surface area contributed by atoms with E-state index >= 15 is 0 Å². The van der Waals surface area contributed by atoms with Gasteiger partial charge in [-0.15, -0.1) is 0 Å². The second-order valence-corrected chi connectivity index (χ2v) is 4.59. The molecule has 0 radical (unpaired) electrons. The number of nitrogens with one attached hydrogen (secondary N) is 1. The van der Waals surface area contributed by atoms with E-state index < -0.39 is 5.91 Å². The van der Waals surface area contributed by atoms with E-state index in [0.717, 1.165) is 5.56 Å². The molecule has 2 aromatic carbocycles. The first kappa shape index (κ1) is 16.4. The standard InChI is InChI=1S/C17H18N2O4/c1-3-23-15-8-7-12(9-16(15)22-2)11-18-19-17(21)13-5-4-6-14(20)10-13/h4-11,20H,3H2,1-2H3,(H,19,21)/b18-11-. The Balaban J connectivity index is 2.04. The molecular formula is C17H18N2O4. The molecule has 6 nitrogen and oxygen atoms in total. The normalized spacial score (nSPS) is 10.5. The Bertz CT molecular complexity index is 713. The second kappa shape index (κ2) is 7.84. The summed E-state index contributed by atoms with van der Waals surface area (Å²) in [6.45, 7) is 2.44. The molecule has 0 aromatic heterocycles. The maximum absolute atomic E-state index is 11.9. The Kier molecular flexibility index (Phi) is 5.57. The topological polar surface area (TPSA) is 80.2 Å². The van der Waals surface area contributed by atoms with E-state index in [2.05, 4.69) is 10.5 Å². The molecule has 0 fully saturated rings. The monoisotopic (exact) mass is 314 g/mol. The number of phenolic OH excluding ortho intramolecular Hbond substituents is 1. The van der Waals surface area contributed by atoms with Gasteiger partial charge in [-0.1, -0.05) is 6.07 Å². The van der Waals surface area contributed by atoms with Crippen LogP contribution in [-0.2, 0) is 0 Å². The summed E-state index contributed by atoms with van der Waals surface area (Å²) in [5.74, 6) is 0.860. The zero-order chi connectivity index (χ0) is 16.7. The van der Waals surface area contributed by atoms with Gasteiger partial charge in [-0.25, -0.2) is 5.43 Å². The summed E-state index contributed by atoms with van der Waals surface area (Å²) in [4.78, 5) is 11.9. The van der Waals surface area contributed by atoms with Gasteiger partial charge in [0.25, 0.3) is 5.91 Å². The fourth-order valence-electron chi connectivity index (χ4n) is 1.92. The highest BCUT2D eigenvalue weighted by Crippen LogP contribution is 2.27. The highest BCUT2D eigenvalue weighted by molar-refractivity contribution is 5.95. The number of amides is 1. The average Bonchev–Trinajstić information content (AvgIpc) is 2.56. The van der Waals surface area contributed by atoms with E-state index in [4.69, 9.17) is 9.47 Å². The number of ether oxygens (including phenoxy) is 2. The number of carbonyl (C=O) groups excluding carboxylic acids is 1. The lowest BCUT2D eigenvalue weighted by molar-refractivity contribution is 0.0954. The van der Waals surface area contributed by atoms with Crippen molar-refractivity contribution in [3.63, 3.8) is 0 Å². The summed E-state index contributed by atoms with van der Waals surface area (Å²) in [6.07, 6.45) is 1.50. The van der Waals surface area contributed by atoms with Gasteiger partial charge in [-0.3, -0.25) is 4.79 Å². The smallest absolute Gasteiger partial charge is 0.271 e. The van der Waals surface area contributed by atoms with Crippen molar-refractivity contribution in [2.45, 2.75) is 6.92 Å². The fraction of sp³-hybridized carbons (Fsp3) is 0.176. The Labute approximate surface area is 134 Å². The van der Waals surface area contributed by atoms with Gasteiger partial charge in [0.2, 0.25) is 0 Å². The predicted octanol–water partition coefficient (Wildman–Crippen LogP) is 2.56. The summed E-state index contributed by atoms with van der Waals surface area (Å²) < 4.78 is 10.7. The van der Waals surface area contributed by atoms with Crippen LogP contribution in [0.3, 0.4) is 0 Å². The summed E-state index contributed by atoms with van der Waals surface area (Å²) in [6, 6.07) is 11.4. The van der Waals surface area contributed by atoms with Crippen LogP contribution in [-0.4, -0.2) is 30.9 Å². The van der Waals surface area contributed by atoms with Crippen LogP contribution in [0.4, 0.5) is 0 Å². The van der Waals surface area contributed by atoms with Gasteiger partial charge < -0.3 is 14.6 Å². The molecule has 0 saturated heterocycles. The molecule has 1 amide bonds. The highest BCUT2D eigenvalue weighted by atomic mass is 16.5. The third-order valence-corrected chi connectivity index (χ3v) is 2.98. The van der Waals surface area contributed by atoms with E-state index in [-0.39, 0.29) is 5.75 Å². The van der Waals surface area contributed by atoms with Crippen molar-refractivity contribution < 1.29 is 19.4 Å². The van der Waals surface area contributed by atoms with E-state index in [1.54, 1.807) is 37.4 Å². The van der Waals surface area contributed by atoms with Crippen LogP contribution < -0.4 is 14.9 Å². The summed E-state index contributed by atoms with van der Waals surface area (Å²) in [5.41, 5.74) is 3.48. The number of carbonyl (C=O) groups is 1. The zero-order valence-corrected chi connectivity index (χ0v) is 12.9. The molecule has 2 aromatic rings. The number of phenols is 1. The van der Waals surface area contributed by atoms with Crippen molar-refractivity contribution in [2.24, 2.45) is 5.10 Å². The predicted molar refractivity (Wildman–Crippen MR) is 87.3 cm³/mol. The number of hydrogen-bond donors (Lipinski definition) is 2. The third-order valence-electron chi connectivity index (χ3n) is 2.98. The molecule has 0 saturated carbocycles. The van der Waals surface area contributed by atoms with Gasteiger partial charge in [0, 0.05) is 5.56 Å². The van der Waals surface area contributed by atoms with E-state index in [1.165, 1.54) is 18.3 Å². The minimum atomic E-state index is -0.407. The van der Waals surface area contributed by atoms with Crippen LogP contribution >= 0.6 is 0 Å². The first-order valence-corrected chi connectivity index (χ1v) is 7.07. The summed E-state index contributed by atoms with van der Waals surface area (Å²) in [5, 5.41) is 13.2. The Morgan fingerprint density at radius 1 is 1.26 bits per heavy atom. The molecule has 0 unspecified atom stereocenters. The number of benzene rings is 2. The van der Waals surface area contributed by atoms with Crippen molar-refractivity contribution in [3.05, 3.63) is 53.6 Å². The van der Waals surface area contributed by atoms with Crippen molar-refractivity contribution in [1.29, 1.82) is 0 Å². The second-order valence-electron chi connectivity index (χ2n) is 4.59. The number of nitrogens with zero attached hydrogens (tertiary/aromatic N) is 1. The van der Waals surface area contributed by atoms with Crippen LogP contribution in [0.5, 0.6) is 17.2 Å². The molecule has 0 aliphatic rings. The minimum Gasteiger partial charge on any atom is -0.508 e. The molecule has 0 aliphatic heterocycles. The van der Waals surface area contributed by atoms with Gasteiger partial charge in [0.1, 0.15) is 5.75 Å². The number of hydrogen-bond acceptors (Lipinski definition) is 5. The maximum atomic E-state index is 11.9. The SMILES string of the molecule is CCOc1ccc(/C=N\NC(=O)c2cccc(O)c2)cc1OC. The minimum absolute atomic E-state index is 0.0258. The Morgan fingerprint density at radius 3 is 2.78 bits per heavy atom. The van der Waals surface area contributed by atoms with Crippen molar-refractivity contribution in [3.8, 4) is 17.2 Å². The van der Waals surface area contributed by atoms with Crippen molar-refractivity contribution in [1.82, 2.24) is 5.43 Å². The Hall–Kier alpha value is -3.02. The number of rotatable bonds is 6. The maximum Gasteiger partial charge on any atom is 0.271 e.